The number of carbonyl (C=O) groups excluding carboxylic acids is 1. The predicted octanol–water partition coefficient (Wildman–Crippen LogP) is 2.97. The van der Waals surface area contributed by atoms with Crippen molar-refractivity contribution in [1.82, 2.24) is 5.32 Å². The third kappa shape index (κ3) is 5.00. The van der Waals surface area contributed by atoms with Crippen molar-refractivity contribution in [2.45, 2.75) is 38.9 Å². The van der Waals surface area contributed by atoms with E-state index in [1.165, 1.54) is 13.0 Å². The first-order valence-electron chi connectivity index (χ1n) is 4.77. The van der Waals surface area contributed by atoms with Crippen LogP contribution in [0.15, 0.2) is 24.3 Å². The van der Waals surface area contributed by atoms with Gasteiger partial charge in [0.15, 0.2) is 0 Å². The van der Waals surface area contributed by atoms with Crippen molar-refractivity contribution in [3.63, 3.8) is 0 Å². The Hall–Kier alpha value is -1.26. The maximum atomic E-state index is 12.1. The van der Waals surface area contributed by atoms with Gasteiger partial charge in [-0.15, -0.1) is 6.58 Å². The summed E-state index contributed by atoms with van der Waals surface area (Å²) in [6, 6.07) is 0. The maximum absolute atomic E-state index is 12.1. The van der Waals surface area contributed by atoms with Crippen molar-refractivity contribution in [1.29, 1.82) is 0 Å². The molecular formula is C11H16F3NO. The molecule has 92 valence electrons. The number of carbonyl (C=O) groups is 1. The second-order valence-electron chi connectivity index (χ2n) is 4.06. The van der Waals surface area contributed by atoms with E-state index in [0.29, 0.717) is 0 Å². The van der Waals surface area contributed by atoms with Gasteiger partial charge in [-0.05, 0) is 27.2 Å². The van der Waals surface area contributed by atoms with Gasteiger partial charge < -0.3 is 5.32 Å². The number of allylic oxidation sites excluding steroid dienone is 1. The van der Waals surface area contributed by atoms with E-state index in [0.717, 1.165) is 5.57 Å². The van der Waals surface area contributed by atoms with Crippen LogP contribution in [0.4, 0.5) is 13.2 Å². The van der Waals surface area contributed by atoms with E-state index in [4.69, 9.17) is 0 Å². The first kappa shape index (κ1) is 14.7. The highest BCUT2D eigenvalue weighted by molar-refractivity contribution is 5.82. The number of alkyl halides is 3. The fourth-order valence-corrected chi connectivity index (χ4v) is 0.932. The normalized spacial score (nSPS) is 14.9. The largest absolute Gasteiger partial charge is 0.471 e. The van der Waals surface area contributed by atoms with Crippen molar-refractivity contribution in [2.75, 3.05) is 0 Å². The number of hydrogen-bond donors (Lipinski definition) is 1. The van der Waals surface area contributed by atoms with Gasteiger partial charge in [0.25, 0.3) is 0 Å². The average molecular weight is 235 g/mol. The van der Waals surface area contributed by atoms with Crippen molar-refractivity contribution < 1.29 is 18.0 Å². The Bertz CT molecular complexity index is 303. The van der Waals surface area contributed by atoms with Crippen LogP contribution in [0.2, 0.25) is 0 Å². The third-order valence-corrected chi connectivity index (χ3v) is 2.04. The fraction of sp³-hybridized carbons (Fsp3) is 0.545. The molecule has 1 atom stereocenters. The molecule has 1 N–H and O–H groups in total. The standard InChI is InChI=1S/C11H16F3NO/c1-5-10(4,7-6-8(2)3)15-9(16)11(12,13)14/h5-6H,1,7H2,2-4H3,(H,15,16). The molecule has 0 rings (SSSR count). The van der Waals surface area contributed by atoms with Gasteiger partial charge >= 0.3 is 12.1 Å². The molecule has 0 aliphatic rings. The lowest BCUT2D eigenvalue weighted by molar-refractivity contribution is -0.175. The zero-order valence-electron chi connectivity index (χ0n) is 9.61. The third-order valence-electron chi connectivity index (χ3n) is 2.04. The lowest BCUT2D eigenvalue weighted by Crippen LogP contribution is -2.49. The average Bonchev–Trinajstić information content (AvgIpc) is 2.13. The van der Waals surface area contributed by atoms with E-state index in [2.05, 4.69) is 6.58 Å². The first-order valence-corrected chi connectivity index (χ1v) is 4.77. The minimum atomic E-state index is -4.87. The summed E-state index contributed by atoms with van der Waals surface area (Å²) < 4.78 is 36.2. The van der Waals surface area contributed by atoms with Crippen LogP contribution in [0.1, 0.15) is 27.2 Å². The Balaban J connectivity index is 4.68. The van der Waals surface area contributed by atoms with Crippen LogP contribution in [0.5, 0.6) is 0 Å². The lowest BCUT2D eigenvalue weighted by atomic mass is 9.96. The van der Waals surface area contributed by atoms with Gasteiger partial charge in [0.1, 0.15) is 0 Å². The van der Waals surface area contributed by atoms with Crippen molar-refractivity contribution in [3.05, 3.63) is 24.3 Å². The SMILES string of the molecule is C=CC(C)(CC=C(C)C)NC(=O)C(F)(F)F. The van der Waals surface area contributed by atoms with E-state index < -0.39 is 17.6 Å². The van der Waals surface area contributed by atoms with Gasteiger partial charge in [0.2, 0.25) is 0 Å². The Morgan fingerprint density at radius 3 is 2.19 bits per heavy atom. The molecule has 2 nitrogen and oxygen atoms in total. The number of halogens is 3. The molecule has 1 amide bonds. The zero-order valence-corrected chi connectivity index (χ0v) is 9.61. The van der Waals surface area contributed by atoms with Crippen LogP contribution in [0.25, 0.3) is 0 Å². The molecule has 0 aliphatic heterocycles. The number of nitrogens with one attached hydrogen (secondary N) is 1. The predicted molar refractivity (Wildman–Crippen MR) is 56.8 cm³/mol. The van der Waals surface area contributed by atoms with Crippen LogP contribution >= 0.6 is 0 Å². The second kappa shape index (κ2) is 5.18. The number of rotatable bonds is 4. The van der Waals surface area contributed by atoms with Gasteiger partial charge in [-0.1, -0.05) is 17.7 Å². The summed E-state index contributed by atoms with van der Waals surface area (Å²) in [5.41, 5.74) is -0.113. The molecule has 16 heavy (non-hydrogen) atoms. The van der Waals surface area contributed by atoms with Crippen molar-refractivity contribution in [3.8, 4) is 0 Å². The summed E-state index contributed by atoms with van der Waals surface area (Å²) in [5.74, 6) is -1.95. The fourth-order valence-electron chi connectivity index (χ4n) is 0.932. The van der Waals surface area contributed by atoms with Gasteiger partial charge in [-0.25, -0.2) is 0 Å². The summed E-state index contributed by atoms with van der Waals surface area (Å²) in [5, 5.41) is 1.91. The molecule has 0 spiro atoms. The molecule has 0 fully saturated rings. The Kier molecular flexibility index (Phi) is 4.78. The Labute approximate surface area is 93.2 Å². The van der Waals surface area contributed by atoms with Crippen LogP contribution in [0.3, 0.4) is 0 Å². The minimum Gasteiger partial charge on any atom is -0.339 e. The molecule has 1 unspecified atom stereocenters. The molecule has 0 saturated carbocycles. The molecule has 0 aromatic carbocycles. The number of hydrogen-bond acceptors (Lipinski definition) is 1. The first-order chi connectivity index (χ1) is 7.10. The molecule has 0 saturated heterocycles. The van der Waals surface area contributed by atoms with Crippen LogP contribution in [-0.4, -0.2) is 17.6 Å². The minimum absolute atomic E-state index is 0.278. The molecule has 0 aliphatic carbocycles. The summed E-state index contributed by atoms with van der Waals surface area (Å²) in [7, 11) is 0. The van der Waals surface area contributed by atoms with E-state index in [9.17, 15) is 18.0 Å². The molecule has 0 radical (unpaired) electrons. The monoisotopic (exact) mass is 235 g/mol. The Morgan fingerprint density at radius 2 is 1.88 bits per heavy atom. The molecule has 0 bridgehead atoms. The van der Waals surface area contributed by atoms with Crippen LogP contribution < -0.4 is 5.32 Å². The van der Waals surface area contributed by atoms with Gasteiger partial charge in [-0.2, -0.15) is 13.2 Å². The zero-order chi connectivity index (χ0) is 13.0. The molecule has 0 aromatic heterocycles. The molecule has 5 heteroatoms. The second-order valence-corrected chi connectivity index (χ2v) is 4.06. The van der Waals surface area contributed by atoms with Crippen molar-refractivity contribution >= 4 is 5.91 Å². The van der Waals surface area contributed by atoms with E-state index in [1.54, 1.807) is 6.08 Å². The number of amides is 1. The highest BCUT2D eigenvalue weighted by Crippen LogP contribution is 2.19. The Morgan fingerprint density at radius 1 is 1.38 bits per heavy atom. The topological polar surface area (TPSA) is 29.1 Å². The smallest absolute Gasteiger partial charge is 0.339 e. The van der Waals surface area contributed by atoms with Crippen LogP contribution in [0, 0.1) is 0 Å². The van der Waals surface area contributed by atoms with Gasteiger partial charge in [-0.3, -0.25) is 4.79 Å². The molecule has 0 aromatic rings. The van der Waals surface area contributed by atoms with E-state index in [1.807, 2.05) is 19.2 Å². The summed E-state index contributed by atoms with van der Waals surface area (Å²) in [6.45, 7) is 8.58. The maximum Gasteiger partial charge on any atom is 0.471 e. The van der Waals surface area contributed by atoms with E-state index >= 15 is 0 Å². The summed E-state index contributed by atoms with van der Waals surface area (Å²) in [6.07, 6.45) is -1.54. The summed E-state index contributed by atoms with van der Waals surface area (Å²) >= 11 is 0. The quantitative estimate of drug-likeness (QED) is 0.746. The molecule has 0 heterocycles. The van der Waals surface area contributed by atoms with Crippen molar-refractivity contribution in [2.24, 2.45) is 0 Å². The highest BCUT2D eigenvalue weighted by Gasteiger charge is 2.41. The van der Waals surface area contributed by atoms with Gasteiger partial charge in [0.05, 0.1) is 5.54 Å². The van der Waals surface area contributed by atoms with Crippen LogP contribution in [-0.2, 0) is 4.79 Å². The molecular weight excluding hydrogens is 219 g/mol. The van der Waals surface area contributed by atoms with Gasteiger partial charge in [0, 0.05) is 0 Å². The highest BCUT2D eigenvalue weighted by atomic mass is 19.4. The van der Waals surface area contributed by atoms with E-state index in [-0.39, 0.29) is 6.42 Å². The summed E-state index contributed by atoms with van der Waals surface area (Å²) in [4.78, 5) is 10.8. The lowest BCUT2D eigenvalue weighted by Gasteiger charge is -2.26.